The molecule has 11 atom stereocenters. The number of nitrogens with one attached hydrogen (secondary N) is 1. The molecule has 0 saturated carbocycles. The van der Waals surface area contributed by atoms with Crippen molar-refractivity contribution >= 4 is 18.0 Å². The summed E-state index contributed by atoms with van der Waals surface area (Å²) in [4.78, 5) is 44.1. The van der Waals surface area contributed by atoms with E-state index in [0.29, 0.717) is 44.8 Å². The minimum Gasteiger partial charge on any atom is -0.456 e. The molecule has 4 heterocycles. The van der Waals surface area contributed by atoms with Gasteiger partial charge in [-0.25, -0.2) is 14.4 Å². The topological polar surface area (TPSA) is 146 Å². The van der Waals surface area contributed by atoms with Crippen LogP contribution in [0.2, 0.25) is 0 Å². The zero-order valence-corrected chi connectivity index (χ0v) is 27.5. The van der Waals surface area contributed by atoms with Gasteiger partial charge in [0.25, 0.3) is 0 Å². The smallest absolute Gasteiger partial charge is 0.410 e. The van der Waals surface area contributed by atoms with Crippen molar-refractivity contribution in [2.24, 2.45) is 23.7 Å². The molecule has 5 rings (SSSR count). The highest BCUT2D eigenvalue weighted by Crippen LogP contribution is 2.53. The normalized spacial score (nSPS) is 35.1. The number of nitrogens with zero attached hydrogens (tertiary/aromatic N) is 1. The molecule has 1 aliphatic carbocycles. The third-order valence-electron chi connectivity index (χ3n) is 10.1. The van der Waals surface area contributed by atoms with Gasteiger partial charge in [-0.3, -0.25) is 0 Å². The summed E-state index contributed by atoms with van der Waals surface area (Å²) < 4.78 is 36.0. The van der Waals surface area contributed by atoms with Gasteiger partial charge in [0.1, 0.15) is 30.1 Å². The fraction of sp³-hybridized carbons (Fsp3) is 0.676. The number of amides is 1. The first-order chi connectivity index (χ1) is 21.9. The van der Waals surface area contributed by atoms with Crippen LogP contribution in [0, 0.1) is 23.7 Å². The molecule has 1 amide bonds. The first kappa shape index (κ1) is 34.2. The summed E-state index contributed by atoms with van der Waals surface area (Å²) in [5.41, 5.74) is 0.418. The highest BCUT2D eigenvalue weighted by Gasteiger charge is 2.57. The zero-order valence-electron chi connectivity index (χ0n) is 27.5. The first-order valence-electron chi connectivity index (χ1n) is 16.3. The molecular weight excluding hydrogens is 596 g/mol. The van der Waals surface area contributed by atoms with Crippen LogP contribution in [0.3, 0.4) is 0 Å². The van der Waals surface area contributed by atoms with E-state index >= 15 is 0 Å². The second kappa shape index (κ2) is 14.3. The van der Waals surface area contributed by atoms with Gasteiger partial charge in [-0.1, -0.05) is 32.1 Å². The predicted molar refractivity (Wildman–Crippen MR) is 166 cm³/mol. The van der Waals surface area contributed by atoms with Crippen LogP contribution in [0.1, 0.15) is 57.9 Å². The molecule has 1 spiro atoms. The van der Waals surface area contributed by atoms with Gasteiger partial charge in [0.05, 0.1) is 24.9 Å². The minimum absolute atomic E-state index is 0.113. The minimum atomic E-state index is -0.897. The average Bonchev–Trinajstić information content (AvgIpc) is 3.69. The number of carbonyl (C=O) groups is 3. The SMILES string of the molecule is CO[C@H]1C[C@H]2C=C[C@@H]3C[C@]2(O[C@H]3[C@H](OC(=O)c2ccc[nH]2)[C@H](C)[C@H](C)O)/C(C)=C/[C@@H](C)[C@@H]([C@@H](C)OC(=O)N2CCOCC2)OC1=O. The van der Waals surface area contributed by atoms with Gasteiger partial charge in [-0.05, 0) is 51.3 Å². The number of cyclic esters (lactones) is 1. The van der Waals surface area contributed by atoms with Crippen LogP contribution < -0.4 is 0 Å². The number of aliphatic hydroxyl groups is 1. The van der Waals surface area contributed by atoms with E-state index in [9.17, 15) is 19.5 Å². The van der Waals surface area contributed by atoms with Crippen LogP contribution in [-0.2, 0) is 33.2 Å². The maximum absolute atomic E-state index is 13.6. The predicted octanol–water partition coefficient (Wildman–Crippen LogP) is 3.66. The largest absolute Gasteiger partial charge is 0.456 e. The standard InChI is InChI=1S/C34H48N2O10/c1-19-16-20(2)34-18-24(30(46-34)29(21(3)22(4)37)45-31(38)26-8-7-11-35-26)9-10-25(34)17-27(41-6)32(39)44-28(19)23(5)43-33(40)36-12-14-42-15-13-36/h7-11,16,19,21-25,27-30,35,37H,12-15,17-18H2,1-6H3/b20-16+/t19-,21-,22+,23-,24-,25-,27+,28+,29-,30-,34+/m1/s1. The molecule has 4 aliphatic rings. The number of morpholine rings is 1. The van der Waals surface area contributed by atoms with Crippen molar-refractivity contribution in [3.63, 3.8) is 0 Å². The maximum atomic E-state index is 13.6. The summed E-state index contributed by atoms with van der Waals surface area (Å²) in [5.74, 6) is -2.21. The van der Waals surface area contributed by atoms with E-state index in [1.54, 1.807) is 37.1 Å². The number of esters is 2. The Morgan fingerprint density at radius 3 is 2.52 bits per heavy atom. The summed E-state index contributed by atoms with van der Waals surface area (Å²) >= 11 is 0. The first-order valence-corrected chi connectivity index (χ1v) is 16.3. The quantitative estimate of drug-likeness (QED) is 0.244. The Kier molecular flexibility index (Phi) is 10.6. The lowest BCUT2D eigenvalue weighted by atomic mass is 9.69. The molecule has 2 N–H and O–H groups in total. The van der Waals surface area contributed by atoms with Gasteiger partial charge in [-0.15, -0.1) is 0 Å². The zero-order chi connectivity index (χ0) is 33.2. The summed E-state index contributed by atoms with van der Waals surface area (Å²) in [6.07, 6.45) is 3.74. The summed E-state index contributed by atoms with van der Waals surface area (Å²) in [5, 5.41) is 10.6. The molecule has 12 nitrogen and oxygen atoms in total. The van der Waals surface area contributed by atoms with Gasteiger partial charge in [0.15, 0.2) is 6.10 Å². The Morgan fingerprint density at radius 2 is 1.87 bits per heavy atom. The van der Waals surface area contributed by atoms with Crippen LogP contribution in [0.15, 0.2) is 42.1 Å². The molecule has 2 bridgehead atoms. The number of H-pyrrole nitrogens is 1. The fourth-order valence-corrected chi connectivity index (χ4v) is 7.25. The Balaban J connectivity index is 1.45. The number of fused-ring (bicyclic) bond motifs is 1. The van der Waals surface area contributed by atoms with Gasteiger partial charge >= 0.3 is 18.0 Å². The van der Waals surface area contributed by atoms with Crippen molar-refractivity contribution < 1.29 is 47.9 Å². The van der Waals surface area contributed by atoms with Gasteiger partial charge in [0, 0.05) is 50.1 Å². The number of aliphatic hydroxyl groups excluding tert-OH is 1. The fourth-order valence-electron chi connectivity index (χ4n) is 7.25. The summed E-state index contributed by atoms with van der Waals surface area (Å²) in [6.45, 7) is 10.9. The third kappa shape index (κ3) is 6.90. The van der Waals surface area contributed by atoms with Crippen molar-refractivity contribution in [2.75, 3.05) is 33.4 Å². The lowest BCUT2D eigenvalue weighted by Gasteiger charge is -2.42. The summed E-state index contributed by atoms with van der Waals surface area (Å²) in [7, 11) is 1.47. The Labute approximate surface area is 270 Å². The van der Waals surface area contributed by atoms with Gasteiger partial charge < -0.3 is 43.4 Å². The Hall–Kier alpha value is -3.19. The van der Waals surface area contributed by atoms with Crippen molar-refractivity contribution in [3.05, 3.63) is 47.8 Å². The van der Waals surface area contributed by atoms with Crippen LogP contribution in [0.5, 0.6) is 0 Å². The number of carbonyl (C=O) groups excluding carboxylic acids is 3. The van der Waals surface area contributed by atoms with Gasteiger partial charge in [0.2, 0.25) is 0 Å². The summed E-state index contributed by atoms with van der Waals surface area (Å²) in [6, 6.07) is 3.36. The van der Waals surface area contributed by atoms with E-state index < -0.39 is 66.2 Å². The third-order valence-corrected chi connectivity index (χ3v) is 10.1. The molecule has 1 aromatic heterocycles. The molecule has 2 fully saturated rings. The number of rotatable bonds is 8. The molecule has 2 saturated heterocycles. The van der Waals surface area contributed by atoms with E-state index in [2.05, 4.69) is 17.1 Å². The number of ether oxygens (including phenoxy) is 6. The Morgan fingerprint density at radius 1 is 1.13 bits per heavy atom. The number of hydrogen-bond donors (Lipinski definition) is 2. The molecule has 3 aliphatic heterocycles. The van der Waals surface area contributed by atoms with E-state index in [1.165, 1.54) is 7.11 Å². The lowest BCUT2D eigenvalue weighted by Crippen LogP contribution is -2.48. The molecule has 254 valence electrons. The van der Waals surface area contributed by atoms with Crippen molar-refractivity contribution in [1.82, 2.24) is 9.88 Å². The average molecular weight is 645 g/mol. The molecule has 46 heavy (non-hydrogen) atoms. The molecule has 12 heteroatoms. The molecule has 0 aromatic carbocycles. The van der Waals surface area contributed by atoms with Crippen LogP contribution in [0.25, 0.3) is 0 Å². The number of hydrogen-bond acceptors (Lipinski definition) is 10. The van der Waals surface area contributed by atoms with E-state index in [-0.39, 0.29) is 17.8 Å². The maximum Gasteiger partial charge on any atom is 0.410 e. The van der Waals surface area contributed by atoms with Crippen molar-refractivity contribution in [3.8, 4) is 0 Å². The van der Waals surface area contributed by atoms with Crippen LogP contribution >= 0.6 is 0 Å². The monoisotopic (exact) mass is 644 g/mol. The van der Waals surface area contributed by atoms with Crippen LogP contribution in [-0.4, -0.2) is 109 Å². The lowest BCUT2D eigenvalue weighted by molar-refractivity contribution is -0.172. The van der Waals surface area contributed by atoms with Crippen molar-refractivity contribution in [2.45, 2.75) is 89.7 Å². The van der Waals surface area contributed by atoms with E-state index in [1.807, 2.05) is 26.8 Å². The highest BCUT2D eigenvalue weighted by atomic mass is 16.6. The molecule has 0 unspecified atom stereocenters. The number of aromatic nitrogens is 1. The number of methoxy groups -OCH3 is 1. The molecule has 1 aromatic rings. The van der Waals surface area contributed by atoms with Crippen LogP contribution in [0.4, 0.5) is 4.79 Å². The second-order valence-electron chi connectivity index (χ2n) is 13.1. The molecule has 0 radical (unpaired) electrons. The molecular formula is C34H48N2O10. The Bertz CT molecular complexity index is 1290. The second-order valence-corrected chi connectivity index (χ2v) is 13.1. The highest BCUT2D eigenvalue weighted by molar-refractivity contribution is 5.87. The van der Waals surface area contributed by atoms with E-state index in [0.717, 1.165) is 5.57 Å². The van der Waals surface area contributed by atoms with Gasteiger partial charge in [-0.2, -0.15) is 0 Å². The number of aromatic amines is 1. The van der Waals surface area contributed by atoms with E-state index in [4.69, 9.17) is 28.4 Å². The van der Waals surface area contributed by atoms with Crippen molar-refractivity contribution in [1.29, 1.82) is 0 Å².